The molecule has 8 nitrogen and oxygen atoms in total. The summed E-state index contributed by atoms with van der Waals surface area (Å²) in [5, 5.41) is 4.44. The van der Waals surface area contributed by atoms with Crippen LogP contribution in [0.1, 0.15) is 30.7 Å². The van der Waals surface area contributed by atoms with Crippen molar-refractivity contribution in [2.24, 2.45) is 5.92 Å². The Kier molecular flexibility index (Phi) is 5.66. The number of aryl methyl sites for hydroxylation is 2. The molecule has 0 unspecified atom stereocenters. The summed E-state index contributed by atoms with van der Waals surface area (Å²) in [6.07, 6.45) is 7.87. The molecule has 4 heterocycles. The monoisotopic (exact) mass is 471 g/mol. The number of aromatic nitrogens is 4. The Hall–Kier alpha value is -3.42. The van der Waals surface area contributed by atoms with E-state index in [0.29, 0.717) is 25.7 Å². The van der Waals surface area contributed by atoms with Gasteiger partial charge in [0, 0.05) is 73.7 Å². The average molecular weight is 472 g/mol. The number of fused-ring (bicyclic) bond motifs is 2. The van der Waals surface area contributed by atoms with E-state index in [1.54, 1.807) is 4.68 Å². The second-order valence-electron chi connectivity index (χ2n) is 10.2. The van der Waals surface area contributed by atoms with Crippen molar-refractivity contribution in [1.29, 1.82) is 0 Å². The highest BCUT2D eigenvalue weighted by molar-refractivity contribution is 5.79. The van der Waals surface area contributed by atoms with Crippen molar-refractivity contribution >= 4 is 17.5 Å². The number of carbonyl (C=O) groups excluding carboxylic acids is 1. The van der Waals surface area contributed by atoms with Crippen LogP contribution in [0.25, 0.3) is 11.1 Å². The maximum absolute atomic E-state index is 12.9. The van der Waals surface area contributed by atoms with Crippen LogP contribution in [-0.2, 0) is 11.3 Å². The maximum atomic E-state index is 12.9. The number of hydrogen-bond donors (Lipinski definition) is 0. The van der Waals surface area contributed by atoms with Gasteiger partial charge in [-0.05, 0) is 51.2 Å². The predicted molar refractivity (Wildman–Crippen MR) is 136 cm³/mol. The van der Waals surface area contributed by atoms with Gasteiger partial charge in [0.1, 0.15) is 6.54 Å². The molecule has 1 saturated carbocycles. The van der Waals surface area contributed by atoms with Crippen LogP contribution in [0.3, 0.4) is 0 Å². The molecule has 1 aromatic carbocycles. The Labute approximate surface area is 206 Å². The second kappa shape index (κ2) is 8.98. The van der Waals surface area contributed by atoms with Gasteiger partial charge in [0.05, 0.1) is 5.69 Å². The van der Waals surface area contributed by atoms with E-state index in [2.05, 4.69) is 39.2 Å². The largest absolute Gasteiger partial charge is 0.367 e. The molecule has 6 rings (SSSR count). The minimum Gasteiger partial charge on any atom is -0.367 e. The van der Waals surface area contributed by atoms with Gasteiger partial charge in [0.2, 0.25) is 11.9 Å². The van der Waals surface area contributed by atoms with Crippen molar-refractivity contribution in [2.45, 2.75) is 45.7 Å². The Morgan fingerprint density at radius 3 is 2.46 bits per heavy atom. The van der Waals surface area contributed by atoms with Gasteiger partial charge in [0.15, 0.2) is 0 Å². The van der Waals surface area contributed by atoms with E-state index in [9.17, 15) is 4.79 Å². The molecule has 1 aliphatic carbocycles. The Morgan fingerprint density at radius 2 is 1.80 bits per heavy atom. The molecule has 35 heavy (non-hydrogen) atoms. The fourth-order valence-electron chi connectivity index (χ4n) is 6.03. The number of anilines is 2. The van der Waals surface area contributed by atoms with Crippen molar-refractivity contribution in [3.8, 4) is 11.1 Å². The number of para-hydroxylation sites is 1. The maximum Gasteiger partial charge on any atom is 0.244 e. The van der Waals surface area contributed by atoms with E-state index >= 15 is 0 Å². The summed E-state index contributed by atoms with van der Waals surface area (Å²) in [6.45, 7) is 8.37. The van der Waals surface area contributed by atoms with Crippen LogP contribution in [0.15, 0.2) is 42.7 Å². The van der Waals surface area contributed by atoms with Gasteiger partial charge in [-0.1, -0.05) is 18.2 Å². The lowest BCUT2D eigenvalue weighted by molar-refractivity contribution is -0.132. The van der Waals surface area contributed by atoms with Gasteiger partial charge >= 0.3 is 0 Å². The number of hydrogen-bond acceptors (Lipinski definition) is 6. The lowest BCUT2D eigenvalue weighted by Crippen LogP contribution is -2.49. The zero-order valence-electron chi connectivity index (χ0n) is 20.6. The van der Waals surface area contributed by atoms with Crippen molar-refractivity contribution < 1.29 is 4.79 Å². The summed E-state index contributed by atoms with van der Waals surface area (Å²) in [7, 11) is 0. The molecule has 182 valence electrons. The summed E-state index contributed by atoms with van der Waals surface area (Å²) in [6, 6.07) is 11.1. The molecule has 2 saturated heterocycles. The first-order valence-electron chi connectivity index (χ1n) is 12.8. The van der Waals surface area contributed by atoms with E-state index in [4.69, 9.17) is 9.97 Å². The fraction of sp³-hybridized carbons (Fsp3) is 0.481. The zero-order chi connectivity index (χ0) is 23.9. The van der Waals surface area contributed by atoms with E-state index in [0.717, 1.165) is 54.0 Å². The van der Waals surface area contributed by atoms with Crippen molar-refractivity contribution in [2.75, 3.05) is 42.5 Å². The van der Waals surface area contributed by atoms with Crippen molar-refractivity contribution in [1.82, 2.24) is 24.6 Å². The molecule has 8 heteroatoms. The van der Waals surface area contributed by atoms with Gasteiger partial charge in [-0.15, -0.1) is 0 Å². The molecule has 0 N–H and O–H groups in total. The molecule has 2 bridgehead atoms. The van der Waals surface area contributed by atoms with Gasteiger partial charge in [-0.2, -0.15) is 5.10 Å². The molecule has 2 atom stereocenters. The summed E-state index contributed by atoms with van der Waals surface area (Å²) in [4.78, 5) is 29.1. The topological polar surface area (TPSA) is 70.4 Å². The first kappa shape index (κ1) is 22.1. The SMILES string of the molecule is Cc1cc(C)n(CC(=O)N2CCN(c3ccccc3-c3cnc(N4C[C@H]5CC[C@@H]4C5)nc3)CC2)n1. The summed E-state index contributed by atoms with van der Waals surface area (Å²) < 4.78 is 1.80. The van der Waals surface area contributed by atoms with Crippen LogP contribution in [0.5, 0.6) is 0 Å². The first-order valence-corrected chi connectivity index (χ1v) is 12.8. The molecule has 1 amide bonds. The van der Waals surface area contributed by atoms with Gasteiger partial charge in [-0.25, -0.2) is 9.97 Å². The normalized spacial score (nSPS) is 21.7. The highest BCUT2D eigenvalue weighted by atomic mass is 16.2. The molecule has 0 spiro atoms. The summed E-state index contributed by atoms with van der Waals surface area (Å²) in [5.74, 6) is 1.82. The van der Waals surface area contributed by atoms with Crippen LogP contribution in [0, 0.1) is 19.8 Å². The lowest BCUT2D eigenvalue weighted by Gasteiger charge is -2.37. The highest BCUT2D eigenvalue weighted by Gasteiger charge is 2.39. The van der Waals surface area contributed by atoms with Gasteiger partial charge in [0.25, 0.3) is 0 Å². The minimum atomic E-state index is 0.128. The van der Waals surface area contributed by atoms with Gasteiger partial charge in [-0.3, -0.25) is 9.48 Å². The Balaban J connectivity index is 1.13. The zero-order valence-corrected chi connectivity index (χ0v) is 20.6. The Bertz CT molecular complexity index is 1210. The third-order valence-electron chi connectivity index (χ3n) is 7.88. The van der Waals surface area contributed by atoms with Crippen molar-refractivity contribution in [3.63, 3.8) is 0 Å². The average Bonchev–Trinajstić information content (AvgIpc) is 3.60. The molecule has 3 aliphatic rings. The van der Waals surface area contributed by atoms with E-state index in [-0.39, 0.29) is 5.91 Å². The van der Waals surface area contributed by atoms with Crippen LogP contribution in [0.2, 0.25) is 0 Å². The first-order chi connectivity index (χ1) is 17.0. The molecule has 3 fully saturated rings. The number of piperidine rings is 1. The highest BCUT2D eigenvalue weighted by Crippen LogP contribution is 2.39. The van der Waals surface area contributed by atoms with Crippen LogP contribution >= 0.6 is 0 Å². The summed E-state index contributed by atoms with van der Waals surface area (Å²) >= 11 is 0. The number of amides is 1. The van der Waals surface area contributed by atoms with E-state index in [1.807, 2.05) is 37.2 Å². The minimum absolute atomic E-state index is 0.128. The van der Waals surface area contributed by atoms with Crippen molar-refractivity contribution in [3.05, 3.63) is 54.1 Å². The number of carbonyl (C=O) groups is 1. The number of piperazine rings is 1. The fourth-order valence-corrected chi connectivity index (χ4v) is 6.03. The molecular weight excluding hydrogens is 438 g/mol. The Morgan fingerprint density at radius 1 is 1.03 bits per heavy atom. The number of rotatable bonds is 5. The quantitative estimate of drug-likeness (QED) is 0.569. The van der Waals surface area contributed by atoms with Crippen LogP contribution < -0.4 is 9.80 Å². The van der Waals surface area contributed by atoms with E-state index < -0.39 is 0 Å². The van der Waals surface area contributed by atoms with Crippen LogP contribution in [0.4, 0.5) is 11.6 Å². The number of benzene rings is 1. The van der Waals surface area contributed by atoms with Crippen LogP contribution in [-0.4, -0.2) is 69.3 Å². The lowest BCUT2D eigenvalue weighted by atomic mass is 10.1. The summed E-state index contributed by atoms with van der Waals surface area (Å²) in [5.41, 5.74) is 5.33. The third kappa shape index (κ3) is 4.26. The smallest absolute Gasteiger partial charge is 0.244 e. The number of nitrogens with zero attached hydrogens (tertiary/aromatic N) is 7. The molecule has 2 aliphatic heterocycles. The molecular formula is C27H33N7O. The predicted octanol–water partition coefficient (Wildman–Crippen LogP) is 3.29. The second-order valence-corrected chi connectivity index (χ2v) is 10.2. The molecule has 0 radical (unpaired) electrons. The molecule has 2 aromatic heterocycles. The standard InChI is InChI=1S/C27H33N7O/c1-19-13-20(2)34(30-19)18-26(35)32-11-9-31(10-12-32)25-6-4-3-5-24(25)22-15-28-27(29-16-22)33-17-21-7-8-23(33)14-21/h3-6,13,15-16,21,23H,7-12,14,17-18H2,1-2H3/t21-,23+/m0/s1. The molecule has 3 aromatic rings. The third-order valence-corrected chi connectivity index (χ3v) is 7.88. The van der Waals surface area contributed by atoms with Gasteiger partial charge < -0.3 is 14.7 Å². The van der Waals surface area contributed by atoms with E-state index in [1.165, 1.54) is 24.9 Å².